The molecule has 0 fully saturated rings. The first-order valence-corrected chi connectivity index (χ1v) is 8.82. The molecular formula is C17H23IN2O2. The molecule has 0 bridgehead atoms. The van der Waals surface area contributed by atoms with Gasteiger partial charge in [-0.05, 0) is 46.6 Å². The molecule has 1 heterocycles. The van der Waals surface area contributed by atoms with E-state index >= 15 is 0 Å². The number of unbranched alkanes of at least 4 members (excludes halogenated alkanes) is 3. The van der Waals surface area contributed by atoms with Crippen molar-refractivity contribution < 1.29 is 9.90 Å². The van der Waals surface area contributed by atoms with E-state index in [1.165, 1.54) is 36.1 Å². The standard InChI is InChI=1S/C17H23IN2O2/c1-3-4-5-6-8-13-9-7-10-14(11-13)16-19(2)12-15(18)20(16)17(21)22/h7,9-12,16H,3-6,8H2,1-2H3,(H,21,22). The van der Waals surface area contributed by atoms with Gasteiger partial charge in [0.1, 0.15) is 9.87 Å². The van der Waals surface area contributed by atoms with E-state index in [1.807, 2.05) is 30.3 Å². The number of carboxylic acid groups (broad SMARTS) is 1. The first-order valence-electron chi connectivity index (χ1n) is 7.75. The zero-order chi connectivity index (χ0) is 16.1. The molecule has 1 aliphatic rings. The second-order valence-electron chi connectivity index (χ2n) is 5.70. The Labute approximate surface area is 145 Å². The van der Waals surface area contributed by atoms with Gasteiger partial charge in [-0.3, -0.25) is 0 Å². The number of hydrogen-bond donors (Lipinski definition) is 1. The highest BCUT2D eigenvalue weighted by Crippen LogP contribution is 2.36. The summed E-state index contributed by atoms with van der Waals surface area (Å²) in [5, 5.41) is 9.46. The van der Waals surface area contributed by atoms with Gasteiger partial charge in [-0.2, -0.15) is 0 Å². The zero-order valence-corrected chi connectivity index (χ0v) is 15.3. The average Bonchev–Trinajstić information content (AvgIpc) is 2.78. The maximum Gasteiger partial charge on any atom is 0.414 e. The van der Waals surface area contributed by atoms with Crippen molar-refractivity contribution in [2.45, 2.75) is 45.2 Å². The van der Waals surface area contributed by atoms with Crippen LogP contribution in [0.25, 0.3) is 0 Å². The van der Waals surface area contributed by atoms with Gasteiger partial charge in [0, 0.05) is 13.2 Å². The van der Waals surface area contributed by atoms with Gasteiger partial charge in [-0.15, -0.1) is 0 Å². The van der Waals surface area contributed by atoms with Crippen molar-refractivity contribution in [1.82, 2.24) is 9.80 Å². The fourth-order valence-corrected chi connectivity index (χ4v) is 3.75. The molecule has 0 saturated carbocycles. The minimum atomic E-state index is -0.914. The average molecular weight is 414 g/mol. The largest absolute Gasteiger partial charge is 0.465 e. The first kappa shape index (κ1) is 17.1. The summed E-state index contributed by atoms with van der Waals surface area (Å²) in [5.41, 5.74) is 2.31. The third kappa shape index (κ3) is 3.94. The van der Waals surface area contributed by atoms with Crippen molar-refractivity contribution in [2.75, 3.05) is 7.05 Å². The van der Waals surface area contributed by atoms with Crippen molar-refractivity contribution in [3.05, 3.63) is 45.3 Å². The summed E-state index contributed by atoms with van der Waals surface area (Å²) in [6, 6.07) is 8.32. The van der Waals surface area contributed by atoms with Crippen molar-refractivity contribution in [3.8, 4) is 0 Å². The summed E-state index contributed by atoms with van der Waals surface area (Å²) in [7, 11) is 1.92. The predicted octanol–water partition coefficient (Wildman–Crippen LogP) is 4.97. The van der Waals surface area contributed by atoms with Crippen LogP contribution in [-0.4, -0.2) is 28.0 Å². The molecular weight excluding hydrogens is 391 g/mol. The van der Waals surface area contributed by atoms with Gasteiger partial charge in [0.25, 0.3) is 0 Å². The minimum Gasteiger partial charge on any atom is -0.465 e. The summed E-state index contributed by atoms with van der Waals surface area (Å²) in [4.78, 5) is 14.9. The number of rotatable bonds is 6. The number of hydrogen-bond acceptors (Lipinski definition) is 2. The first-order chi connectivity index (χ1) is 10.5. The molecule has 4 nitrogen and oxygen atoms in total. The highest BCUT2D eigenvalue weighted by molar-refractivity contribution is 14.1. The fourth-order valence-electron chi connectivity index (χ4n) is 2.85. The highest BCUT2D eigenvalue weighted by Gasteiger charge is 2.34. The number of benzene rings is 1. The summed E-state index contributed by atoms with van der Waals surface area (Å²) in [6.45, 7) is 2.21. The molecule has 0 radical (unpaired) electrons. The summed E-state index contributed by atoms with van der Waals surface area (Å²) in [5.74, 6) is 0. The molecule has 22 heavy (non-hydrogen) atoms. The van der Waals surface area contributed by atoms with Gasteiger partial charge in [-0.25, -0.2) is 9.69 Å². The zero-order valence-electron chi connectivity index (χ0n) is 13.1. The second-order valence-corrected chi connectivity index (χ2v) is 6.80. The van der Waals surface area contributed by atoms with Crippen LogP contribution in [0.3, 0.4) is 0 Å². The van der Waals surface area contributed by atoms with E-state index in [9.17, 15) is 9.90 Å². The highest BCUT2D eigenvalue weighted by atomic mass is 127. The van der Waals surface area contributed by atoms with E-state index in [-0.39, 0.29) is 6.17 Å². The van der Waals surface area contributed by atoms with Crippen LogP contribution >= 0.6 is 22.6 Å². The van der Waals surface area contributed by atoms with Crippen molar-refractivity contribution in [1.29, 1.82) is 0 Å². The smallest absolute Gasteiger partial charge is 0.414 e. The second kappa shape index (κ2) is 7.85. The molecule has 1 aromatic rings. The van der Waals surface area contributed by atoms with Gasteiger partial charge < -0.3 is 10.0 Å². The summed E-state index contributed by atoms with van der Waals surface area (Å²) < 4.78 is 0.728. The van der Waals surface area contributed by atoms with E-state index in [1.54, 1.807) is 0 Å². The summed E-state index contributed by atoms with van der Waals surface area (Å²) in [6.07, 6.45) is 6.71. The lowest BCUT2D eigenvalue weighted by molar-refractivity contribution is 0.124. The quantitative estimate of drug-likeness (QED) is 0.406. The monoisotopic (exact) mass is 414 g/mol. The molecule has 1 unspecified atom stereocenters. The SMILES string of the molecule is CCCCCCc1cccc(C2N(C)C=C(I)N2C(=O)O)c1. The molecule has 0 aromatic heterocycles. The van der Waals surface area contributed by atoms with Crippen molar-refractivity contribution in [2.24, 2.45) is 0 Å². The van der Waals surface area contributed by atoms with Gasteiger partial charge in [0.2, 0.25) is 0 Å². The molecule has 0 saturated heterocycles. The van der Waals surface area contributed by atoms with Gasteiger partial charge in [0.15, 0.2) is 0 Å². The van der Waals surface area contributed by atoms with Crippen LogP contribution in [0.5, 0.6) is 0 Å². The third-order valence-electron chi connectivity index (χ3n) is 3.94. The molecule has 120 valence electrons. The molecule has 1 aromatic carbocycles. The molecule has 1 amide bonds. The van der Waals surface area contributed by atoms with Gasteiger partial charge >= 0.3 is 6.09 Å². The normalized spacial score (nSPS) is 17.8. The Balaban J connectivity index is 2.13. The Bertz CT molecular complexity index is 559. The Kier molecular flexibility index (Phi) is 6.11. The van der Waals surface area contributed by atoms with Crippen molar-refractivity contribution in [3.63, 3.8) is 0 Å². The third-order valence-corrected chi connectivity index (χ3v) is 4.74. The molecule has 1 N–H and O–H groups in total. The lowest BCUT2D eigenvalue weighted by Gasteiger charge is -2.28. The van der Waals surface area contributed by atoms with E-state index in [0.29, 0.717) is 0 Å². The Hall–Kier alpha value is -1.24. The van der Waals surface area contributed by atoms with Crippen LogP contribution in [0.4, 0.5) is 4.79 Å². The summed E-state index contributed by atoms with van der Waals surface area (Å²) >= 11 is 2.07. The fraction of sp³-hybridized carbons (Fsp3) is 0.471. The van der Waals surface area contributed by atoms with Crippen LogP contribution in [-0.2, 0) is 6.42 Å². The number of aryl methyl sites for hydroxylation is 1. The van der Waals surface area contributed by atoms with E-state index in [2.05, 4.69) is 41.6 Å². The topological polar surface area (TPSA) is 43.8 Å². The Morgan fingerprint density at radius 3 is 2.77 bits per heavy atom. The number of amides is 1. The van der Waals surface area contributed by atoms with Gasteiger partial charge in [-0.1, -0.05) is 50.5 Å². The minimum absolute atomic E-state index is 0.264. The Morgan fingerprint density at radius 1 is 1.32 bits per heavy atom. The van der Waals surface area contributed by atoms with Crippen LogP contribution in [0, 0.1) is 0 Å². The number of halogens is 1. The molecule has 1 aliphatic heterocycles. The molecule has 5 heteroatoms. The van der Waals surface area contributed by atoms with E-state index in [4.69, 9.17) is 0 Å². The number of nitrogens with zero attached hydrogens (tertiary/aromatic N) is 2. The molecule has 0 spiro atoms. The number of carbonyl (C=O) groups is 1. The van der Waals surface area contributed by atoms with Crippen molar-refractivity contribution >= 4 is 28.7 Å². The van der Waals surface area contributed by atoms with E-state index < -0.39 is 6.09 Å². The van der Waals surface area contributed by atoms with Crippen LogP contribution < -0.4 is 0 Å². The molecule has 1 atom stereocenters. The lowest BCUT2D eigenvalue weighted by Crippen LogP contribution is -2.33. The van der Waals surface area contributed by atoms with Crippen LogP contribution in [0.1, 0.15) is 49.9 Å². The maximum absolute atomic E-state index is 11.5. The Morgan fingerprint density at radius 2 is 2.09 bits per heavy atom. The molecule has 2 rings (SSSR count). The van der Waals surface area contributed by atoms with E-state index in [0.717, 1.165) is 15.7 Å². The lowest BCUT2D eigenvalue weighted by atomic mass is 10.0. The van der Waals surface area contributed by atoms with Crippen LogP contribution in [0.2, 0.25) is 0 Å². The predicted molar refractivity (Wildman–Crippen MR) is 96.8 cm³/mol. The molecule has 0 aliphatic carbocycles. The maximum atomic E-state index is 11.5. The van der Waals surface area contributed by atoms with Gasteiger partial charge in [0.05, 0.1) is 0 Å². The van der Waals surface area contributed by atoms with Crippen LogP contribution in [0.15, 0.2) is 34.2 Å².